The highest BCUT2D eigenvalue weighted by Gasteiger charge is 2.43. The Bertz CT molecular complexity index is 1720. The van der Waals surface area contributed by atoms with Crippen LogP contribution in [0.15, 0.2) is 35.3 Å². The molecule has 43 heavy (non-hydrogen) atoms. The van der Waals surface area contributed by atoms with Crippen molar-refractivity contribution in [2.45, 2.75) is 38.1 Å². The summed E-state index contributed by atoms with van der Waals surface area (Å²) in [6.07, 6.45) is -2.56. The molecule has 0 aliphatic carbocycles. The molecule has 1 aliphatic rings. The number of para-hydroxylation sites is 1. The van der Waals surface area contributed by atoms with Crippen LogP contribution in [0.5, 0.6) is 0 Å². The summed E-state index contributed by atoms with van der Waals surface area (Å²) in [6, 6.07) is 5.91. The SMILES string of the molecule is Nc1nc2c(c(COCc3ccccc3[N+](=O)[O-])cn2[C@H]2C[C@H](O)[C@@H](COP(=O)(O)OP(=O)(O)OP(=O)(O)O)O2)c(=O)[nH]1. The number of aliphatic hydroxyl groups is 1. The Kier molecular flexibility index (Phi) is 9.70. The van der Waals surface area contributed by atoms with Gasteiger partial charge in [-0.1, -0.05) is 12.1 Å². The Morgan fingerprint density at radius 3 is 2.47 bits per heavy atom. The molecular weight excluding hydrogens is 647 g/mol. The van der Waals surface area contributed by atoms with Gasteiger partial charge in [-0.3, -0.25) is 24.4 Å². The zero-order chi connectivity index (χ0) is 31.7. The summed E-state index contributed by atoms with van der Waals surface area (Å²) in [4.78, 5) is 66.1. The third kappa shape index (κ3) is 8.40. The van der Waals surface area contributed by atoms with Gasteiger partial charge in [0.2, 0.25) is 5.95 Å². The summed E-state index contributed by atoms with van der Waals surface area (Å²) in [5, 5.41) is 21.8. The normalized spacial score (nSPS) is 21.9. The number of aromatic amines is 1. The number of benzene rings is 1. The van der Waals surface area contributed by atoms with Crippen LogP contribution in [0.25, 0.3) is 11.0 Å². The average molecular weight is 671 g/mol. The van der Waals surface area contributed by atoms with E-state index in [4.69, 9.17) is 25.0 Å². The van der Waals surface area contributed by atoms with E-state index < -0.39 is 59.0 Å². The molecule has 21 nitrogen and oxygen atoms in total. The summed E-state index contributed by atoms with van der Waals surface area (Å²) < 4.78 is 58.8. The van der Waals surface area contributed by atoms with Crippen molar-refractivity contribution < 1.29 is 65.9 Å². The van der Waals surface area contributed by atoms with Crippen molar-refractivity contribution in [1.29, 1.82) is 0 Å². The van der Waals surface area contributed by atoms with E-state index in [2.05, 4.69) is 23.1 Å². The van der Waals surface area contributed by atoms with E-state index in [-0.39, 0.29) is 53.4 Å². The fourth-order valence-electron chi connectivity index (χ4n) is 4.17. The number of nitro benzene ring substituents is 1. The number of anilines is 1. The van der Waals surface area contributed by atoms with Gasteiger partial charge in [-0.05, 0) is 6.07 Å². The van der Waals surface area contributed by atoms with Crippen LogP contribution in [0.2, 0.25) is 0 Å². The number of H-pyrrole nitrogens is 1. The minimum atomic E-state index is -5.75. The molecule has 236 valence electrons. The number of phosphoric acid groups is 3. The third-order valence-electron chi connectivity index (χ3n) is 5.81. The number of nitrogens with zero attached hydrogens (tertiary/aromatic N) is 3. The van der Waals surface area contributed by atoms with Gasteiger partial charge >= 0.3 is 23.5 Å². The van der Waals surface area contributed by atoms with Crippen molar-refractivity contribution in [2.75, 3.05) is 12.3 Å². The van der Waals surface area contributed by atoms with Crippen molar-refractivity contribution >= 4 is 46.1 Å². The van der Waals surface area contributed by atoms with Gasteiger partial charge in [-0.25, -0.2) is 13.7 Å². The Balaban J connectivity index is 1.49. The quantitative estimate of drug-likeness (QED) is 0.0754. The van der Waals surface area contributed by atoms with E-state index in [1.54, 1.807) is 6.07 Å². The van der Waals surface area contributed by atoms with Crippen LogP contribution in [0.3, 0.4) is 0 Å². The number of nitrogen functional groups attached to an aromatic ring is 1. The lowest BCUT2D eigenvalue weighted by Crippen LogP contribution is -2.26. The lowest BCUT2D eigenvalue weighted by atomic mass is 10.2. The van der Waals surface area contributed by atoms with E-state index in [0.717, 1.165) is 0 Å². The molecule has 0 bridgehead atoms. The van der Waals surface area contributed by atoms with Gasteiger partial charge < -0.3 is 44.5 Å². The van der Waals surface area contributed by atoms with Crippen LogP contribution in [0, 0.1) is 10.1 Å². The molecule has 0 radical (unpaired) electrons. The van der Waals surface area contributed by atoms with Crippen LogP contribution in [-0.2, 0) is 49.5 Å². The third-order valence-corrected chi connectivity index (χ3v) is 9.62. The second kappa shape index (κ2) is 12.6. The van der Waals surface area contributed by atoms with Crippen LogP contribution >= 0.6 is 23.5 Å². The number of ether oxygens (including phenoxy) is 2. The minimum absolute atomic E-state index is 0.0104. The minimum Gasteiger partial charge on any atom is -0.390 e. The van der Waals surface area contributed by atoms with E-state index in [1.165, 1.54) is 29.0 Å². The Labute approximate surface area is 239 Å². The number of nitrogens with one attached hydrogen (secondary N) is 1. The maximum absolute atomic E-state index is 12.7. The second-order valence-corrected chi connectivity index (χ2v) is 13.3. The number of rotatable bonds is 13. The predicted octanol–water partition coefficient (Wildman–Crippen LogP) is 0.923. The highest BCUT2D eigenvalue weighted by molar-refractivity contribution is 7.66. The summed E-state index contributed by atoms with van der Waals surface area (Å²) in [6.45, 7) is -1.30. The first-order valence-corrected chi connectivity index (χ1v) is 16.3. The summed E-state index contributed by atoms with van der Waals surface area (Å²) in [5.41, 5.74) is 5.47. The van der Waals surface area contributed by atoms with E-state index in [0.29, 0.717) is 0 Å². The van der Waals surface area contributed by atoms with Gasteiger partial charge in [-0.2, -0.15) is 13.6 Å². The number of hydrogen-bond acceptors (Lipinski definition) is 14. The molecule has 2 aromatic heterocycles. The largest absolute Gasteiger partial charge is 0.490 e. The Morgan fingerprint density at radius 2 is 1.79 bits per heavy atom. The lowest BCUT2D eigenvalue weighted by Gasteiger charge is -2.19. The zero-order valence-electron chi connectivity index (χ0n) is 21.4. The summed E-state index contributed by atoms with van der Waals surface area (Å²) in [7, 11) is -16.8. The fraction of sp³-hybridized carbons (Fsp3) is 0.368. The number of phosphoric ester groups is 1. The number of hydrogen-bond donors (Lipinski definition) is 7. The molecule has 3 aromatic rings. The molecule has 1 saturated heterocycles. The Morgan fingerprint density at radius 1 is 1.12 bits per heavy atom. The van der Waals surface area contributed by atoms with Gasteiger partial charge in [0.05, 0.1) is 41.8 Å². The van der Waals surface area contributed by atoms with Crippen LogP contribution in [0.1, 0.15) is 23.8 Å². The number of fused-ring (bicyclic) bond motifs is 1. The molecule has 1 fully saturated rings. The first kappa shape index (κ1) is 33.0. The molecule has 8 N–H and O–H groups in total. The van der Waals surface area contributed by atoms with Crippen LogP contribution < -0.4 is 11.3 Å². The molecule has 5 atom stereocenters. The summed E-state index contributed by atoms with van der Waals surface area (Å²) >= 11 is 0. The predicted molar refractivity (Wildman–Crippen MR) is 141 cm³/mol. The molecular formula is C19H24N5O16P3. The van der Waals surface area contributed by atoms with Gasteiger partial charge in [0.15, 0.2) is 5.65 Å². The highest BCUT2D eigenvalue weighted by Crippen LogP contribution is 2.66. The molecule has 0 amide bonds. The lowest BCUT2D eigenvalue weighted by molar-refractivity contribution is -0.386. The van der Waals surface area contributed by atoms with Crippen molar-refractivity contribution in [3.05, 3.63) is 62.1 Å². The van der Waals surface area contributed by atoms with E-state index in [1.807, 2.05) is 0 Å². The topological polar surface area (TPSA) is 318 Å². The van der Waals surface area contributed by atoms with Gasteiger partial charge in [0.25, 0.3) is 11.2 Å². The van der Waals surface area contributed by atoms with Gasteiger partial charge in [0, 0.05) is 24.2 Å². The number of nitro groups is 1. The maximum atomic E-state index is 12.7. The first-order chi connectivity index (χ1) is 19.9. The van der Waals surface area contributed by atoms with Crippen molar-refractivity contribution in [3.63, 3.8) is 0 Å². The number of nitrogens with two attached hydrogens (primary N) is 1. The molecule has 24 heteroatoms. The van der Waals surface area contributed by atoms with Crippen molar-refractivity contribution in [2.24, 2.45) is 0 Å². The van der Waals surface area contributed by atoms with Crippen molar-refractivity contribution in [3.8, 4) is 0 Å². The smallest absolute Gasteiger partial charge is 0.390 e. The van der Waals surface area contributed by atoms with Gasteiger partial charge in [0.1, 0.15) is 12.3 Å². The van der Waals surface area contributed by atoms with Crippen LogP contribution in [0.4, 0.5) is 11.6 Å². The summed E-state index contributed by atoms with van der Waals surface area (Å²) in [5.74, 6) is -0.257. The maximum Gasteiger partial charge on any atom is 0.490 e. The zero-order valence-corrected chi connectivity index (χ0v) is 24.1. The second-order valence-electron chi connectivity index (χ2n) is 8.91. The monoisotopic (exact) mass is 671 g/mol. The molecule has 1 aromatic carbocycles. The molecule has 0 spiro atoms. The fourth-order valence-corrected chi connectivity index (χ4v) is 7.20. The highest BCUT2D eigenvalue weighted by atomic mass is 31.3. The first-order valence-electron chi connectivity index (χ1n) is 11.8. The van der Waals surface area contributed by atoms with Gasteiger partial charge in [-0.15, -0.1) is 0 Å². The number of aromatic nitrogens is 3. The molecule has 3 heterocycles. The standard InChI is InChI=1S/C19H24N5O16P3/c20-19-21-17-16(18(26)22-19)11(8-36-7-10-3-1-2-4-12(10)24(27)28)6-23(17)15-5-13(25)14(38-15)9-37-42(32,33)40-43(34,35)39-41(29,30)31/h1-4,6,13-15,25H,5,7-9H2,(H,32,33)(H,34,35)(H2,29,30,31)(H3,20,21,22,26)/t13-,14+,15+/m0/s1. The number of aliphatic hydroxyl groups excluding tert-OH is 1. The molecule has 4 rings (SSSR count). The van der Waals surface area contributed by atoms with Crippen molar-refractivity contribution in [1.82, 2.24) is 14.5 Å². The molecule has 1 aliphatic heterocycles. The molecule has 2 unspecified atom stereocenters. The van der Waals surface area contributed by atoms with E-state index >= 15 is 0 Å². The Hall–Kier alpha value is -2.87. The molecule has 0 saturated carbocycles. The van der Waals surface area contributed by atoms with Crippen LogP contribution in [-0.4, -0.2) is 63.0 Å². The van der Waals surface area contributed by atoms with E-state index in [9.17, 15) is 43.5 Å². The average Bonchev–Trinajstić information content (AvgIpc) is 3.40.